The maximum atomic E-state index is 5.50. The van der Waals surface area contributed by atoms with Crippen LogP contribution in [0.15, 0.2) is 36.5 Å². The summed E-state index contributed by atoms with van der Waals surface area (Å²) in [5, 5.41) is 3.56. The molecule has 0 atom stereocenters. The van der Waals surface area contributed by atoms with Gasteiger partial charge in [-0.2, -0.15) is 0 Å². The van der Waals surface area contributed by atoms with Crippen LogP contribution in [0.5, 0.6) is 17.2 Å². The summed E-state index contributed by atoms with van der Waals surface area (Å²) in [5.74, 6) is 2.68. The largest absolute Gasteiger partial charge is 0.493 e. The normalized spacial score (nSPS) is 11.5. The van der Waals surface area contributed by atoms with E-state index in [0.717, 1.165) is 22.7 Å². The van der Waals surface area contributed by atoms with Gasteiger partial charge in [0.2, 0.25) is 5.75 Å². The zero-order valence-electron chi connectivity index (χ0n) is 16.1. The standard InChI is InChI=1S/C20H25N3O3/c1-20(2,3)22-19-17(21-16-9-7-8-10-23(16)19)13-11-14(24-4)18(26-6)15(12-13)25-5/h7-12,22H,1-6H3. The predicted molar refractivity (Wildman–Crippen MR) is 104 cm³/mol. The van der Waals surface area contributed by atoms with Crippen molar-refractivity contribution < 1.29 is 14.2 Å². The molecule has 3 rings (SSSR count). The minimum Gasteiger partial charge on any atom is -0.493 e. The van der Waals surface area contributed by atoms with Crippen molar-refractivity contribution in [1.29, 1.82) is 0 Å². The summed E-state index contributed by atoms with van der Waals surface area (Å²) in [6, 6.07) is 9.77. The lowest BCUT2D eigenvalue weighted by Gasteiger charge is -2.23. The molecule has 6 nitrogen and oxygen atoms in total. The number of fused-ring (bicyclic) bond motifs is 1. The quantitative estimate of drug-likeness (QED) is 0.742. The Hall–Kier alpha value is -2.89. The Bertz CT molecular complexity index is 901. The Kier molecular flexibility index (Phi) is 4.68. The fraction of sp³-hybridized carbons (Fsp3) is 0.350. The van der Waals surface area contributed by atoms with Gasteiger partial charge in [0.1, 0.15) is 17.2 Å². The summed E-state index contributed by atoms with van der Waals surface area (Å²) in [6.07, 6.45) is 2.00. The Morgan fingerprint density at radius 1 is 0.962 bits per heavy atom. The van der Waals surface area contributed by atoms with E-state index in [2.05, 4.69) is 26.1 Å². The number of nitrogens with zero attached hydrogens (tertiary/aromatic N) is 2. The fourth-order valence-electron chi connectivity index (χ4n) is 2.89. The summed E-state index contributed by atoms with van der Waals surface area (Å²) in [6.45, 7) is 6.36. The van der Waals surface area contributed by atoms with E-state index in [1.165, 1.54) is 0 Å². The second kappa shape index (κ2) is 6.78. The van der Waals surface area contributed by atoms with Gasteiger partial charge >= 0.3 is 0 Å². The maximum absolute atomic E-state index is 5.50. The van der Waals surface area contributed by atoms with Crippen LogP contribution in [0.25, 0.3) is 16.9 Å². The second-order valence-electron chi connectivity index (χ2n) is 7.03. The van der Waals surface area contributed by atoms with Crippen LogP contribution in [0.3, 0.4) is 0 Å². The first-order valence-corrected chi connectivity index (χ1v) is 8.43. The summed E-state index contributed by atoms with van der Waals surface area (Å²) in [5.41, 5.74) is 2.45. The molecule has 0 unspecified atom stereocenters. The summed E-state index contributed by atoms with van der Waals surface area (Å²) in [4.78, 5) is 4.82. The number of benzene rings is 1. The van der Waals surface area contributed by atoms with Crippen molar-refractivity contribution in [2.75, 3.05) is 26.6 Å². The highest BCUT2D eigenvalue weighted by Crippen LogP contribution is 2.42. The highest BCUT2D eigenvalue weighted by Gasteiger charge is 2.22. The van der Waals surface area contributed by atoms with Crippen LogP contribution in [-0.4, -0.2) is 36.3 Å². The lowest BCUT2D eigenvalue weighted by atomic mass is 10.1. The van der Waals surface area contributed by atoms with Crippen LogP contribution in [0.4, 0.5) is 5.82 Å². The third kappa shape index (κ3) is 3.27. The Morgan fingerprint density at radius 2 is 1.62 bits per heavy atom. The van der Waals surface area contributed by atoms with Crippen molar-refractivity contribution in [2.45, 2.75) is 26.3 Å². The van der Waals surface area contributed by atoms with Crippen molar-refractivity contribution in [3.05, 3.63) is 36.5 Å². The molecule has 0 saturated carbocycles. The predicted octanol–water partition coefficient (Wildman–Crippen LogP) is 4.24. The van der Waals surface area contributed by atoms with E-state index in [-0.39, 0.29) is 5.54 Å². The van der Waals surface area contributed by atoms with Crippen LogP contribution < -0.4 is 19.5 Å². The number of methoxy groups -OCH3 is 3. The molecule has 3 aromatic rings. The zero-order chi connectivity index (χ0) is 18.9. The molecule has 0 spiro atoms. The minimum absolute atomic E-state index is 0.124. The van der Waals surface area contributed by atoms with Gasteiger partial charge in [0.15, 0.2) is 11.5 Å². The molecule has 0 saturated heterocycles. The molecule has 138 valence electrons. The molecule has 26 heavy (non-hydrogen) atoms. The van der Waals surface area contributed by atoms with Crippen molar-refractivity contribution in [2.24, 2.45) is 0 Å². The first kappa shape index (κ1) is 17.9. The molecule has 0 amide bonds. The third-order valence-electron chi connectivity index (χ3n) is 3.96. The molecule has 1 N–H and O–H groups in total. The van der Waals surface area contributed by atoms with Crippen LogP contribution in [0.1, 0.15) is 20.8 Å². The number of rotatable bonds is 5. The number of hydrogen-bond acceptors (Lipinski definition) is 5. The van der Waals surface area contributed by atoms with Crippen molar-refractivity contribution >= 4 is 11.5 Å². The van der Waals surface area contributed by atoms with Gasteiger partial charge in [0.25, 0.3) is 0 Å². The molecular weight excluding hydrogens is 330 g/mol. The highest BCUT2D eigenvalue weighted by atomic mass is 16.5. The molecular formula is C20H25N3O3. The van der Waals surface area contributed by atoms with Gasteiger partial charge in [-0.1, -0.05) is 6.07 Å². The van der Waals surface area contributed by atoms with E-state index in [1.807, 2.05) is 40.9 Å². The van der Waals surface area contributed by atoms with Gasteiger partial charge in [-0.05, 0) is 45.0 Å². The highest BCUT2D eigenvalue weighted by molar-refractivity contribution is 5.80. The number of nitrogens with one attached hydrogen (secondary N) is 1. The van der Waals surface area contributed by atoms with E-state index in [9.17, 15) is 0 Å². The Labute approximate surface area is 153 Å². The molecule has 2 aromatic heterocycles. The lowest BCUT2D eigenvalue weighted by molar-refractivity contribution is 0.324. The minimum atomic E-state index is -0.124. The zero-order valence-corrected chi connectivity index (χ0v) is 16.1. The van der Waals surface area contributed by atoms with Crippen molar-refractivity contribution in [1.82, 2.24) is 9.38 Å². The number of imidazole rings is 1. The number of aromatic nitrogens is 2. The smallest absolute Gasteiger partial charge is 0.203 e. The lowest BCUT2D eigenvalue weighted by Crippen LogP contribution is -2.27. The molecule has 0 fully saturated rings. The van der Waals surface area contributed by atoms with Gasteiger partial charge in [-0.3, -0.25) is 4.40 Å². The average Bonchev–Trinajstić information content (AvgIpc) is 2.97. The number of hydrogen-bond donors (Lipinski definition) is 1. The molecule has 0 aliphatic heterocycles. The van der Waals surface area contributed by atoms with Crippen LogP contribution in [0.2, 0.25) is 0 Å². The molecule has 0 aliphatic carbocycles. The molecule has 0 radical (unpaired) electrons. The molecule has 1 aromatic carbocycles. The molecule has 2 heterocycles. The number of anilines is 1. The first-order chi connectivity index (χ1) is 12.4. The fourth-order valence-corrected chi connectivity index (χ4v) is 2.89. The van der Waals surface area contributed by atoms with E-state index in [4.69, 9.17) is 19.2 Å². The summed E-state index contributed by atoms with van der Waals surface area (Å²) >= 11 is 0. The van der Waals surface area contributed by atoms with E-state index >= 15 is 0 Å². The van der Waals surface area contributed by atoms with Gasteiger partial charge in [-0.25, -0.2) is 4.98 Å². The number of pyridine rings is 1. The topological polar surface area (TPSA) is 57.0 Å². The average molecular weight is 355 g/mol. The molecule has 6 heteroatoms. The Morgan fingerprint density at radius 3 is 2.15 bits per heavy atom. The van der Waals surface area contributed by atoms with Crippen molar-refractivity contribution in [3.8, 4) is 28.5 Å². The summed E-state index contributed by atoms with van der Waals surface area (Å²) < 4.78 is 18.5. The molecule has 0 aliphatic rings. The van der Waals surface area contributed by atoms with Gasteiger partial charge in [0, 0.05) is 17.3 Å². The van der Waals surface area contributed by atoms with Crippen molar-refractivity contribution in [3.63, 3.8) is 0 Å². The third-order valence-corrected chi connectivity index (χ3v) is 3.96. The van der Waals surface area contributed by atoms with Gasteiger partial charge in [0.05, 0.1) is 21.3 Å². The van der Waals surface area contributed by atoms with E-state index in [0.29, 0.717) is 17.2 Å². The van der Waals surface area contributed by atoms with Gasteiger partial charge in [-0.15, -0.1) is 0 Å². The maximum Gasteiger partial charge on any atom is 0.203 e. The van der Waals surface area contributed by atoms with E-state index < -0.39 is 0 Å². The second-order valence-corrected chi connectivity index (χ2v) is 7.03. The van der Waals surface area contributed by atoms with Crippen LogP contribution >= 0.6 is 0 Å². The SMILES string of the molecule is COc1cc(-c2nc3ccccn3c2NC(C)(C)C)cc(OC)c1OC. The Balaban J connectivity index is 2.26. The molecule has 0 bridgehead atoms. The van der Waals surface area contributed by atoms with Crippen LogP contribution in [0, 0.1) is 0 Å². The number of ether oxygens (including phenoxy) is 3. The van der Waals surface area contributed by atoms with Gasteiger partial charge < -0.3 is 19.5 Å². The van der Waals surface area contributed by atoms with Crippen LogP contribution in [-0.2, 0) is 0 Å². The van der Waals surface area contributed by atoms with E-state index in [1.54, 1.807) is 21.3 Å². The first-order valence-electron chi connectivity index (χ1n) is 8.43. The summed E-state index contributed by atoms with van der Waals surface area (Å²) in [7, 11) is 4.82. The monoisotopic (exact) mass is 355 g/mol.